The predicted octanol–water partition coefficient (Wildman–Crippen LogP) is 1.70. The van der Waals surface area contributed by atoms with Crippen molar-refractivity contribution >= 4 is 28.9 Å². The number of hydrogen-bond donors (Lipinski definition) is 0. The molecule has 0 spiro atoms. The SMILES string of the molecule is COc1nc(Cl)nc(Cl)c1[N+](=O)[O-]. The van der Waals surface area contributed by atoms with E-state index in [-0.39, 0.29) is 16.3 Å². The number of aromatic nitrogens is 2. The van der Waals surface area contributed by atoms with Gasteiger partial charge in [-0.1, -0.05) is 11.6 Å². The van der Waals surface area contributed by atoms with Crippen molar-refractivity contribution in [1.29, 1.82) is 0 Å². The highest BCUT2D eigenvalue weighted by Gasteiger charge is 2.23. The molecule has 0 N–H and O–H groups in total. The van der Waals surface area contributed by atoms with Gasteiger partial charge in [0.15, 0.2) is 0 Å². The predicted molar refractivity (Wildman–Crippen MR) is 45.3 cm³/mol. The van der Waals surface area contributed by atoms with Crippen LogP contribution in [0.15, 0.2) is 0 Å². The van der Waals surface area contributed by atoms with E-state index >= 15 is 0 Å². The van der Waals surface area contributed by atoms with Crippen LogP contribution in [0.2, 0.25) is 10.4 Å². The van der Waals surface area contributed by atoms with Crippen molar-refractivity contribution in [3.05, 3.63) is 20.6 Å². The van der Waals surface area contributed by atoms with E-state index in [0.717, 1.165) is 0 Å². The standard InChI is InChI=1S/C5H3Cl2N3O3/c1-13-4-2(10(11)12)3(6)8-5(7)9-4/h1H3. The summed E-state index contributed by atoms with van der Waals surface area (Å²) in [5.74, 6) is -0.255. The van der Waals surface area contributed by atoms with Gasteiger partial charge >= 0.3 is 5.69 Å². The largest absolute Gasteiger partial charge is 0.476 e. The van der Waals surface area contributed by atoms with Crippen LogP contribution >= 0.6 is 23.2 Å². The Morgan fingerprint density at radius 2 is 2.08 bits per heavy atom. The Balaban J connectivity index is 3.38. The summed E-state index contributed by atoms with van der Waals surface area (Å²) in [5.41, 5.74) is -0.492. The second-order valence-electron chi connectivity index (χ2n) is 1.90. The lowest BCUT2D eigenvalue weighted by atomic mass is 10.5. The van der Waals surface area contributed by atoms with Crippen LogP contribution < -0.4 is 4.74 Å². The molecule has 0 unspecified atom stereocenters. The van der Waals surface area contributed by atoms with Crippen LogP contribution in [-0.4, -0.2) is 22.0 Å². The number of ether oxygens (including phenoxy) is 1. The molecule has 0 fully saturated rings. The second-order valence-corrected chi connectivity index (χ2v) is 2.59. The third-order valence-electron chi connectivity index (χ3n) is 1.16. The smallest absolute Gasteiger partial charge is 0.367 e. The molecule has 6 nitrogen and oxygen atoms in total. The molecule has 0 radical (unpaired) electrons. The van der Waals surface area contributed by atoms with E-state index in [2.05, 4.69) is 14.7 Å². The van der Waals surface area contributed by atoms with E-state index in [9.17, 15) is 10.1 Å². The summed E-state index contributed by atoms with van der Waals surface area (Å²) in [6, 6.07) is 0. The molecule has 1 heterocycles. The molecule has 0 saturated heterocycles. The summed E-state index contributed by atoms with van der Waals surface area (Å²) in [6.45, 7) is 0. The van der Waals surface area contributed by atoms with Crippen molar-refractivity contribution in [1.82, 2.24) is 9.97 Å². The van der Waals surface area contributed by atoms with Gasteiger partial charge in [0, 0.05) is 0 Å². The van der Waals surface area contributed by atoms with E-state index in [1.807, 2.05) is 0 Å². The molecule has 0 atom stereocenters. The van der Waals surface area contributed by atoms with Gasteiger partial charge in [-0.15, -0.1) is 0 Å². The summed E-state index contributed by atoms with van der Waals surface area (Å²) < 4.78 is 4.61. The zero-order valence-corrected chi connectivity index (χ0v) is 7.83. The molecule has 0 saturated carbocycles. The van der Waals surface area contributed by atoms with E-state index < -0.39 is 10.6 Å². The van der Waals surface area contributed by atoms with Crippen LogP contribution in [0, 0.1) is 10.1 Å². The molecule has 0 aliphatic carbocycles. The van der Waals surface area contributed by atoms with Gasteiger partial charge in [-0.05, 0) is 11.6 Å². The minimum absolute atomic E-state index is 0.201. The fraction of sp³-hybridized carbons (Fsp3) is 0.200. The second kappa shape index (κ2) is 3.71. The molecule has 0 amide bonds. The fourth-order valence-corrected chi connectivity index (χ4v) is 1.11. The first-order valence-corrected chi connectivity index (χ1v) is 3.73. The summed E-state index contributed by atoms with van der Waals surface area (Å²) in [7, 11) is 1.22. The van der Waals surface area contributed by atoms with Crippen molar-refractivity contribution in [2.75, 3.05) is 7.11 Å². The fourth-order valence-electron chi connectivity index (χ4n) is 0.680. The molecule has 1 aromatic heterocycles. The maximum Gasteiger partial charge on any atom is 0.367 e. The van der Waals surface area contributed by atoms with E-state index in [4.69, 9.17) is 23.2 Å². The van der Waals surface area contributed by atoms with Crippen LogP contribution in [0.25, 0.3) is 0 Å². The van der Waals surface area contributed by atoms with Crippen molar-refractivity contribution in [2.45, 2.75) is 0 Å². The molecule has 0 aromatic carbocycles. The molecular weight excluding hydrogens is 221 g/mol. The molecule has 0 aliphatic rings. The zero-order valence-electron chi connectivity index (χ0n) is 6.32. The van der Waals surface area contributed by atoms with Gasteiger partial charge in [0.2, 0.25) is 10.4 Å². The highest BCUT2D eigenvalue weighted by molar-refractivity contribution is 6.33. The number of halogens is 2. The molecule has 70 valence electrons. The Hall–Kier alpha value is -1.14. The van der Waals surface area contributed by atoms with Gasteiger partial charge in [0.1, 0.15) is 0 Å². The van der Waals surface area contributed by atoms with Crippen molar-refractivity contribution in [3.63, 3.8) is 0 Å². The molecule has 0 aliphatic heterocycles. The van der Waals surface area contributed by atoms with Gasteiger partial charge in [0.05, 0.1) is 12.0 Å². The van der Waals surface area contributed by atoms with Crippen LogP contribution in [0.3, 0.4) is 0 Å². The monoisotopic (exact) mass is 223 g/mol. The highest BCUT2D eigenvalue weighted by Crippen LogP contribution is 2.31. The van der Waals surface area contributed by atoms with Crippen LogP contribution in [0.1, 0.15) is 0 Å². The lowest BCUT2D eigenvalue weighted by Crippen LogP contribution is -1.99. The lowest BCUT2D eigenvalue weighted by Gasteiger charge is -2.00. The van der Waals surface area contributed by atoms with Gasteiger partial charge in [-0.2, -0.15) is 9.97 Å². The van der Waals surface area contributed by atoms with Crippen molar-refractivity contribution in [2.24, 2.45) is 0 Å². The third kappa shape index (κ3) is 1.96. The maximum atomic E-state index is 10.4. The number of nitro groups is 1. The van der Waals surface area contributed by atoms with Gasteiger partial charge in [-0.25, -0.2) is 0 Å². The van der Waals surface area contributed by atoms with Crippen LogP contribution in [-0.2, 0) is 0 Å². The Morgan fingerprint density at radius 3 is 2.54 bits per heavy atom. The minimum atomic E-state index is -0.739. The average molecular weight is 224 g/mol. The average Bonchev–Trinajstić information content (AvgIpc) is 2.01. The molecule has 1 rings (SSSR count). The topological polar surface area (TPSA) is 78.2 Å². The van der Waals surface area contributed by atoms with Crippen LogP contribution in [0.5, 0.6) is 5.88 Å². The molecule has 1 aromatic rings. The minimum Gasteiger partial charge on any atom is -0.476 e. The summed E-state index contributed by atoms with van der Waals surface area (Å²) in [4.78, 5) is 16.6. The Bertz CT molecular complexity index is 357. The van der Waals surface area contributed by atoms with E-state index in [1.165, 1.54) is 7.11 Å². The number of hydrogen-bond acceptors (Lipinski definition) is 5. The normalized spacial score (nSPS) is 9.77. The Morgan fingerprint density at radius 1 is 1.46 bits per heavy atom. The van der Waals surface area contributed by atoms with Crippen molar-refractivity contribution in [3.8, 4) is 5.88 Å². The lowest BCUT2D eigenvalue weighted by molar-refractivity contribution is -0.386. The highest BCUT2D eigenvalue weighted by atomic mass is 35.5. The summed E-state index contributed by atoms with van der Waals surface area (Å²) in [6.07, 6.45) is 0. The quantitative estimate of drug-likeness (QED) is 0.330. The van der Waals surface area contributed by atoms with Crippen LogP contribution in [0.4, 0.5) is 5.69 Å². The van der Waals surface area contributed by atoms with E-state index in [1.54, 1.807) is 0 Å². The number of methoxy groups -OCH3 is 1. The van der Waals surface area contributed by atoms with E-state index in [0.29, 0.717) is 0 Å². The Labute approximate surface area is 82.6 Å². The number of rotatable bonds is 2. The number of nitrogens with zero attached hydrogens (tertiary/aromatic N) is 3. The first-order valence-electron chi connectivity index (χ1n) is 2.97. The van der Waals surface area contributed by atoms with Gasteiger partial charge < -0.3 is 4.74 Å². The summed E-state index contributed by atoms with van der Waals surface area (Å²) in [5, 5.41) is 9.88. The molecule has 13 heavy (non-hydrogen) atoms. The molecular formula is C5H3Cl2N3O3. The maximum absolute atomic E-state index is 10.4. The molecule has 8 heteroatoms. The Kier molecular flexibility index (Phi) is 2.84. The van der Waals surface area contributed by atoms with Gasteiger partial charge in [-0.3, -0.25) is 10.1 Å². The van der Waals surface area contributed by atoms with Crippen molar-refractivity contribution < 1.29 is 9.66 Å². The van der Waals surface area contributed by atoms with Gasteiger partial charge in [0.25, 0.3) is 5.88 Å². The third-order valence-corrected chi connectivity index (χ3v) is 1.59. The molecule has 0 bridgehead atoms. The first kappa shape index (κ1) is 9.94. The zero-order chi connectivity index (χ0) is 10.0. The summed E-state index contributed by atoms with van der Waals surface area (Å²) >= 11 is 10.8. The first-order chi connectivity index (χ1) is 6.06.